The number of nitrogens with zero attached hydrogens (tertiary/aromatic N) is 1. The van der Waals surface area contributed by atoms with E-state index in [0.717, 1.165) is 18.1 Å². The summed E-state index contributed by atoms with van der Waals surface area (Å²) < 4.78 is 27.1. The number of rotatable bonds is 5. The third-order valence-corrected chi connectivity index (χ3v) is 4.13. The number of urea groups is 1. The van der Waals surface area contributed by atoms with Crippen LogP contribution in [-0.2, 0) is 17.0 Å². The molecular formula is C17H17F2N3O2. The topological polar surface area (TPSA) is 63.2 Å². The summed E-state index contributed by atoms with van der Waals surface area (Å²) in [4.78, 5) is 21.1. The number of carbonyl (C=O) groups is 1. The number of hydroxylamine groups is 1. The van der Waals surface area contributed by atoms with E-state index in [1.165, 1.54) is 12.1 Å². The Bertz CT molecular complexity index is 721. The maximum Gasteiger partial charge on any atom is 0.339 e. The quantitative estimate of drug-likeness (QED) is 0.826. The summed E-state index contributed by atoms with van der Waals surface area (Å²) in [6.45, 7) is 0.166. The van der Waals surface area contributed by atoms with Crippen molar-refractivity contribution in [2.24, 2.45) is 0 Å². The van der Waals surface area contributed by atoms with Gasteiger partial charge in [-0.15, -0.1) is 0 Å². The predicted octanol–water partition coefficient (Wildman–Crippen LogP) is 3.17. The second-order valence-electron chi connectivity index (χ2n) is 5.77. The molecule has 0 bridgehead atoms. The lowest BCUT2D eigenvalue weighted by molar-refractivity contribution is 0.0420. The molecule has 0 unspecified atom stereocenters. The van der Waals surface area contributed by atoms with Gasteiger partial charge in [-0.2, -0.15) is 0 Å². The fourth-order valence-electron chi connectivity index (χ4n) is 2.78. The van der Waals surface area contributed by atoms with E-state index < -0.39 is 23.2 Å². The number of aromatic nitrogens is 1. The molecule has 5 nitrogen and oxygen atoms in total. The summed E-state index contributed by atoms with van der Waals surface area (Å²) in [5, 5.41) is 2.74. The molecule has 1 fully saturated rings. The Labute approximate surface area is 138 Å². The monoisotopic (exact) mass is 333 g/mol. The summed E-state index contributed by atoms with van der Waals surface area (Å²) in [6, 6.07) is 6.40. The molecule has 24 heavy (non-hydrogen) atoms. The van der Waals surface area contributed by atoms with Crippen molar-refractivity contribution in [2.75, 3.05) is 0 Å². The van der Waals surface area contributed by atoms with E-state index in [1.54, 1.807) is 18.5 Å². The fraction of sp³-hybridized carbons (Fsp3) is 0.294. The number of hydrogen-bond donors (Lipinski definition) is 2. The summed E-state index contributed by atoms with van der Waals surface area (Å²) in [6.07, 6.45) is 5.30. The van der Waals surface area contributed by atoms with E-state index in [4.69, 9.17) is 4.84 Å². The van der Waals surface area contributed by atoms with Crippen LogP contribution in [0, 0.1) is 11.6 Å². The summed E-state index contributed by atoms with van der Waals surface area (Å²) in [5.41, 5.74) is 2.56. The minimum atomic E-state index is -0.820. The van der Waals surface area contributed by atoms with Crippen molar-refractivity contribution >= 4 is 6.03 Å². The first-order valence-electron chi connectivity index (χ1n) is 7.63. The van der Waals surface area contributed by atoms with Crippen molar-refractivity contribution in [3.05, 3.63) is 65.5 Å². The standard InChI is InChI=1S/C17H17F2N3O2/c18-13-4-5-14(15(19)9-13)17(6-2-7-17)21-16(23)22-24-11-12-3-1-8-20-10-12/h1,3-5,8-10H,2,6-7,11H2,(H2,21,22,23). The molecule has 126 valence electrons. The van der Waals surface area contributed by atoms with Crippen LogP contribution in [0.25, 0.3) is 0 Å². The molecule has 0 saturated heterocycles. The minimum absolute atomic E-state index is 0.166. The van der Waals surface area contributed by atoms with E-state index in [9.17, 15) is 13.6 Å². The van der Waals surface area contributed by atoms with Gasteiger partial charge in [0.25, 0.3) is 0 Å². The minimum Gasteiger partial charge on any atom is -0.327 e. The van der Waals surface area contributed by atoms with E-state index in [1.807, 2.05) is 6.07 Å². The largest absolute Gasteiger partial charge is 0.339 e. The van der Waals surface area contributed by atoms with Crippen LogP contribution in [0.1, 0.15) is 30.4 Å². The van der Waals surface area contributed by atoms with E-state index in [0.29, 0.717) is 12.8 Å². The van der Waals surface area contributed by atoms with Crippen molar-refractivity contribution < 1.29 is 18.4 Å². The molecule has 2 amide bonds. The molecule has 2 aromatic rings. The average Bonchev–Trinajstić information content (AvgIpc) is 2.52. The van der Waals surface area contributed by atoms with Gasteiger partial charge in [0.15, 0.2) is 0 Å². The molecule has 1 aliphatic carbocycles. The molecule has 1 aliphatic rings. The zero-order valence-corrected chi connectivity index (χ0v) is 12.9. The van der Waals surface area contributed by atoms with Crippen LogP contribution in [0.3, 0.4) is 0 Å². The molecule has 0 spiro atoms. The van der Waals surface area contributed by atoms with Crippen LogP contribution in [0.15, 0.2) is 42.7 Å². The number of pyridine rings is 1. The lowest BCUT2D eigenvalue weighted by atomic mass is 9.71. The zero-order valence-electron chi connectivity index (χ0n) is 12.9. The van der Waals surface area contributed by atoms with Gasteiger partial charge in [0.05, 0.1) is 5.54 Å². The SMILES string of the molecule is O=C(NOCc1cccnc1)NC1(c2ccc(F)cc2F)CCC1. The van der Waals surface area contributed by atoms with Crippen LogP contribution in [0.5, 0.6) is 0 Å². The molecule has 0 aliphatic heterocycles. The van der Waals surface area contributed by atoms with Crippen molar-refractivity contribution in [3.8, 4) is 0 Å². The maximum absolute atomic E-state index is 14.0. The zero-order chi connectivity index (χ0) is 17.0. The van der Waals surface area contributed by atoms with E-state index >= 15 is 0 Å². The molecule has 1 heterocycles. The molecule has 7 heteroatoms. The molecule has 1 aromatic heterocycles. The summed E-state index contributed by atoms with van der Waals surface area (Å²) in [7, 11) is 0. The van der Waals surface area contributed by atoms with Crippen molar-refractivity contribution in [3.63, 3.8) is 0 Å². The van der Waals surface area contributed by atoms with Gasteiger partial charge in [0.1, 0.15) is 18.2 Å². The van der Waals surface area contributed by atoms with Crippen LogP contribution in [-0.4, -0.2) is 11.0 Å². The Morgan fingerprint density at radius 2 is 2.12 bits per heavy atom. The Balaban J connectivity index is 1.59. The van der Waals surface area contributed by atoms with Gasteiger partial charge in [0, 0.05) is 24.0 Å². The predicted molar refractivity (Wildman–Crippen MR) is 82.6 cm³/mol. The Hall–Kier alpha value is -2.54. The highest BCUT2D eigenvalue weighted by Gasteiger charge is 2.42. The number of halogens is 2. The Morgan fingerprint density at radius 1 is 1.29 bits per heavy atom. The highest BCUT2D eigenvalue weighted by molar-refractivity contribution is 5.74. The summed E-state index contributed by atoms with van der Waals surface area (Å²) in [5.74, 6) is -1.30. The second-order valence-corrected chi connectivity index (χ2v) is 5.77. The first-order chi connectivity index (χ1) is 11.6. The molecule has 1 aromatic carbocycles. The lowest BCUT2D eigenvalue weighted by Gasteiger charge is -2.42. The second kappa shape index (κ2) is 6.92. The van der Waals surface area contributed by atoms with E-state index in [-0.39, 0.29) is 12.2 Å². The number of nitrogens with one attached hydrogen (secondary N) is 2. The fourth-order valence-corrected chi connectivity index (χ4v) is 2.78. The molecule has 2 N–H and O–H groups in total. The molecular weight excluding hydrogens is 316 g/mol. The number of hydrogen-bond acceptors (Lipinski definition) is 3. The van der Waals surface area contributed by atoms with Gasteiger partial charge in [-0.05, 0) is 37.0 Å². The van der Waals surface area contributed by atoms with Crippen LogP contribution < -0.4 is 10.8 Å². The number of benzene rings is 1. The highest BCUT2D eigenvalue weighted by atomic mass is 19.1. The number of carbonyl (C=O) groups excluding carboxylic acids is 1. The average molecular weight is 333 g/mol. The highest BCUT2D eigenvalue weighted by Crippen LogP contribution is 2.42. The van der Waals surface area contributed by atoms with Crippen molar-refractivity contribution in [1.82, 2.24) is 15.8 Å². The van der Waals surface area contributed by atoms with Gasteiger partial charge < -0.3 is 5.32 Å². The molecule has 0 radical (unpaired) electrons. The Kier molecular flexibility index (Phi) is 4.71. The third kappa shape index (κ3) is 3.51. The van der Waals surface area contributed by atoms with Gasteiger partial charge in [-0.3, -0.25) is 9.82 Å². The van der Waals surface area contributed by atoms with Gasteiger partial charge >= 0.3 is 6.03 Å². The third-order valence-electron chi connectivity index (χ3n) is 4.13. The number of amides is 2. The maximum atomic E-state index is 14.0. The van der Waals surface area contributed by atoms with Gasteiger partial charge in [-0.25, -0.2) is 19.1 Å². The van der Waals surface area contributed by atoms with E-state index in [2.05, 4.69) is 15.8 Å². The summed E-state index contributed by atoms with van der Waals surface area (Å²) >= 11 is 0. The van der Waals surface area contributed by atoms with Crippen LogP contribution in [0.2, 0.25) is 0 Å². The van der Waals surface area contributed by atoms with Crippen molar-refractivity contribution in [1.29, 1.82) is 0 Å². The van der Waals surface area contributed by atoms with Crippen molar-refractivity contribution in [2.45, 2.75) is 31.4 Å². The lowest BCUT2D eigenvalue weighted by Crippen LogP contribution is -2.54. The normalized spacial score (nSPS) is 15.4. The smallest absolute Gasteiger partial charge is 0.327 e. The van der Waals surface area contributed by atoms with Crippen LogP contribution >= 0.6 is 0 Å². The Morgan fingerprint density at radius 3 is 2.75 bits per heavy atom. The van der Waals surface area contributed by atoms with Crippen LogP contribution in [0.4, 0.5) is 13.6 Å². The molecule has 1 saturated carbocycles. The molecule has 0 atom stereocenters. The first-order valence-corrected chi connectivity index (χ1v) is 7.63. The van der Waals surface area contributed by atoms with Gasteiger partial charge in [-0.1, -0.05) is 12.1 Å². The molecule has 3 rings (SSSR count). The first kappa shape index (κ1) is 16.3. The van der Waals surface area contributed by atoms with Gasteiger partial charge in [0.2, 0.25) is 0 Å².